The number of rotatable bonds is 7. The van der Waals surface area contributed by atoms with Crippen molar-refractivity contribution in [2.24, 2.45) is 5.41 Å². The third-order valence-corrected chi connectivity index (χ3v) is 5.23. The Labute approximate surface area is 171 Å². The number of nitrogens with zero attached hydrogens (tertiary/aromatic N) is 2. The maximum absolute atomic E-state index is 13.0. The average Bonchev–Trinajstić information content (AvgIpc) is 2.76. The van der Waals surface area contributed by atoms with E-state index in [2.05, 4.69) is 15.6 Å². The van der Waals surface area contributed by atoms with Crippen LogP contribution in [0.4, 0.5) is 11.4 Å². The van der Waals surface area contributed by atoms with Gasteiger partial charge in [-0.15, -0.1) is 0 Å². The minimum atomic E-state index is -1.15. The summed E-state index contributed by atoms with van der Waals surface area (Å²) in [4.78, 5) is 31.6. The Morgan fingerprint density at radius 2 is 2.00 bits per heavy atom. The molecule has 0 saturated heterocycles. The summed E-state index contributed by atoms with van der Waals surface area (Å²) < 4.78 is 5.16. The van der Waals surface area contributed by atoms with Gasteiger partial charge in [0.25, 0.3) is 0 Å². The van der Waals surface area contributed by atoms with Gasteiger partial charge in [-0.1, -0.05) is 12.1 Å². The normalized spacial score (nSPS) is 15.7. The number of hydrogen-bond acceptors (Lipinski definition) is 5. The molecule has 1 aromatic heterocycles. The summed E-state index contributed by atoms with van der Waals surface area (Å²) in [7, 11) is 1.59. The largest absolute Gasteiger partial charge is 0.383 e. The van der Waals surface area contributed by atoms with Crippen LogP contribution in [0.2, 0.25) is 0 Å². The molecule has 0 fully saturated rings. The van der Waals surface area contributed by atoms with Crippen molar-refractivity contribution in [1.82, 2.24) is 10.3 Å². The number of methoxy groups -OCH3 is 1. The molecule has 1 aromatic carbocycles. The smallest absolute Gasteiger partial charge is 0.242 e. The first-order valence-corrected chi connectivity index (χ1v) is 9.71. The van der Waals surface area contributed by atoms with Crippen LogP contribution in [0.5, 0.6) is 0 Å². The van der Waals surface area contributed by atoms with E-state index in [1.807, 2.05) is 37.3 Å². The molecule has 29 heavy (non-hydrogen) atoms. The van der Waals surface area contributed by atoms with Gasteiger partial charge in [-0.2, -0.15) is 0 Å². The zero-order chi connectivity index (χ0) is 21.0. The first kappa shape index (κ1) is 21.0. The van der Waals surface area contributed by atoms with Crippen LogP contribution in [0.25, 0.3) is 0 Å². The molecule has 0 radical (unpaired) electrons. The molecule has 1 aliphatic heterocycles. The molecule has 0 atom stereocenters. The molecule has 1 aliphatic rings. The highest BCUT2D eigenvalue weighted by Gasteiger charge is 2.42. The number of pyridine rings is 1. The highest BCUT2D eigenvalue weighted by molar-refractivity contribution is 6.19. The Balaban J connectivity index is 1.80. The molecule has 2 amide bonds. The molecule has 2 aromatic rings. The fraction of sp³-hybridized carbons (Fsp3) is 0.409. The van der Waals surface area contributed by atoms with Crippen LogP contribution < -0.4 is 15.5 Å². The SMILES string of the molecule is COCCN1C(=O)C(C)(C)C(=O)Nc2cc(CNCc3cccnc3C)ccc21. The zero-order valence-corrected chi connectivity index (χ0v) is 17.4. The van der Waals surface area contributed by atoms with E-state index in [9.17, 15) is 9.59 Å². The number of amides is 2. The van der Waals surface area contributed by atoms with Crippen molar-refractivity contribution in [3.05, 3.63) is 53.3 Å². The summed E-state index contributed by atoms with van der Waals surface area (Å²) in [6.07, 6.45) is 1.78. The zero-order valence-electron chi connectivity index (χ0n) is 17.4. The fourth-order valence-corrected chi connectivity index (χ4v) is 3.30. The number of hydrogen-bond donors (Lipinski definition) is 2. The summed E-state index contributed by atoms with van der Waals surface area (Å²) in [5.74, 6) is -0.538. The highest BCUT2D eigenvalue weighted by Crippen LogP contribution is 2.35. The van der Waals surface area contributed by atoms with Crippen LogP contribution in [0, 0.1) is 12.3 Å². The van der Waals surface area contributed by atoms with Gasteiger partial charge in [0.1, 0.15) is 5.41 Å². The summed E-state index contributed by atoms with van der Waals surface area (Å²) in [5, 5.41) is 6.34. The van der Waals surface area contributed by atoms with Gasteiger partial charge in [-0.05, 0) is 50.1 Å². The van der Waals surface area contributed by atoms with Crippen LogP contribution in [0.1, 0.15) is 30.7 Å². The van der Waals surface area contributed by atoms with E-state index in [0.717, 1.165) is 16.8 Å². The topological polar surface area (TPSA) is 83.6 Å². The maximum Gasteiger partial charge on any atom is 0.242 e. The molecule has 0 unspecified atom stereocenters. The third-order valence-electron chi connectivity index (χ3n) is 5.23. The van der Waals surface area contributed by atoms with Crippen LogP contribution >= 0.6 is 0 Å². The van der Waals surface area contributed by atoms with Gasteiger partial charge >= 0.3 is 0 Å². The number of carbonyl (C=O) groups excluding carboxylic acids is 2. The molecule has 0 bridgehead atoms. The van der Waals surface area contributed by atoms with Gasteiger partial charge in [-0.3, -0.25) is 14.6 Å². The fourth-order valence-electron chi connectivity index (χ4n) is 3.30. The first-order valence-electron chi connectivity index (χ1n) is 9.71. The van der Waals surface area contributed by atoms with Crippen molar-refractivity contribution in [3.8, 4) is 0 Å². The van der Waals surface area contributed by atoms with Crippen LogP contribution in [-0.4, -0.2) is 37.1 Å². The Bertz CT molecular complexity index is 911. The van der Waals surface area contributed by atoms with Gasteiger partial charge in [0.15, 0.2) is 0 Å². The maximum atomic E-state index is 13.0. The minimum absolute atomic E-state index is 0.233. The van der Waals surface area contributed by atoms with E-state index in [1.165, 1.54) is 0 Å². The quantitative estimate of drug-likeness (QED) is 0.703. The van der Waals surface area contributed by atoms with Crippen molar-refractivity contribution in [3.63, 3.8) is 0 Å². The summed E-state index contributed by atoms with van der Waals surface area (Å²) in [6, 6.07) is 9.75. The predicted molar refractivity (Wildman–Crippen MR) is 113 cm³/mol. The lowest BCUT2D eigenvalue weighted by molar-refractivity contribution is -0.136. The van der Waals surface area contributed by atoms with E-state index >= 15 is 0 Å². The summed E-state index contributed by atoms with van der Waals surface area (Å²) in [6.45, 7) is 7.40. The average molecular weight is 396 g/mol. The molecule has 0 spiro atoms. The molecule has 0 saturated carbocycles. The molecule has 3 rings (SSSR count). The standard InChI is InChI=1S/C22H28N4O3/c1-15-17(6-5-9-24-15)14-23-13-16-7-8-19-18(12-16)25-20(27)22(2,3)21(28)26(19)10-11-29-4/h5-9,12,23H,10-11,13-14H2,1-4H3,(H,25,27). The second-order valence-corrected chi connectivity index (χ2v) is 7.73. The van der Waals surface area contributed by atoms with Crippen LogP contribution in [0.15, 0.2) is 36.5 Å². The Hall–Kier alpha value is -2.77. The van der Waals surface area contributed by atoms with Crippen LogP contribution in [0.3, 0.4) is 0 Å². The molecule has 154 valence electrons. The number of carbonyl (C=O) groups is 2. The van der Waals surface area contributed by atoms with Gasteiger partial charge in [0, 0.05) is 38.6 Å². The first-order chi connectivity index (χ1) is 13.8. The lowest BCUT2D eigenvalue weighted by atomic mass is 9.91. The Morgan fingerprint density at radius 3 is 2.72 bits per heavy atom. The number of aromatic nitrogens is 1. The number of anilines is 2. The molecule has 7 heteroatoms. The molecule has 7 nitrogen and oxygen atoms in total. The number of nitrogens with one attached hydrogen (secondary N) is 2. The minimum Gasteiger partial charge on any atom is -0.383 e. The van der Waals surface area contributed by atoms with E-state index in [0.29, 0.717) is 37.6 Å². The van der Waals surface area contributed by atoms with Gasteiger partial charge in [0.2, 0.25) is 11.8 Å². The highest BCUT2D eigenvalue weighted by atomic mass is 16.5. The molecule has 2 N–H and O–H groups in total. The predicted octanol–water partition coefficient (Wildman–Crippen LogP) is 2.64. The van der Waals surface area contributed by atoms with Crippen molar-refractivity contribution >= 4 is 23.2 Å². The summed E-state index contributed by atoms with van der Waals surface area (Å²) >= 11 is 0. The van der Waals surface area contributed by atoms with Crippen molar-refractivity contribution in [2.45, 2.75) is 33.9 Å². The second kappa shape index (κ2) is 8.71. The van der Waals surface area contributed by atoms with E-state index in [1.54, 1.807) is 32.1 Å². The van der Waals surface area contributed by atoms with Crippen molar-refractivity contribution < 1.29 is 14.3 Å². The third kappa shape index (κ3) is 4.46. The van der Waals surface area contributed by atoms with E-state index < -0.39 is 5.41 Å². The van der Waals surface area contributed by atoms with E-state index in [-0.39, 0.29) is 11.8 Å². The van der Waals surface area contributed by atoms with Crippen molar-refractivity contribution in [1.29, 1.82) is 0 Å². The van der Waals surface area contributed by atoms with Crippen LogP contribution in [-0.2, 0) is 27.4 Å². The molecule has 2 heterocycles. The molecule has 0 aliphatic carbocycles. The number of ether oxygens (including phenoxy) is 1. The van der Waals surface area contributed by atoms with Gasteiger partial charge in [0.05, 0.1) is 18.0 Å². The molecular formula is C22H28N4O3. The Morgan fingerprint density at radius 1 is 1.21 bits per heavy atom. The number of aryl methyl sites for hydroxylation is 1. The van der Waals surface area contributed by atoms with E-state index in [4.69, 9.17) is 4.74 Å². The monoisotopic (exact) mass is 396 g/mol. The molecular weight excluding hydrogens is 368 g/mol. The second-order valence-electron chi connectivity index (χ2n) is 7.73. The lowest BCUT2D eigenvalue weighted by Crippen LogP contribution is -2.46. The summed E-state index contributed by atoms with van der Waals surface area (Å²) in [5.41, 5.74) is 3.35. The lowest BCUT2D eigenvalue weighted by Gasteiger charge is -2.27. The van der Waals surface area contributed by atoms with Gasteiger partial charge in [-0.25, -0.2) is 0 Å². The van der Waals surface area contributed by atoms with Gasteiger partial charge < -0.3 is 20.3 Å². The number of benzene rings is 1. The Kier molecular flexibility index (Phi) is 6.30. The van der Waals surface area contributed by atoms with Crippen molar-refractivity contribution in [2.75, 3.05) is 30.5 Å². The number of fused-ring (bicyclic) bond motifs is 1.